The van der Waals surface area contributed by atoms with Crippen LogP contribution in [0.3, 0.4) is 0 Å². The minimum Gasteiger partial charge on any atom is -0.457 e. The molecular formula is C22H29NO2. The molecule has 0 spiro atoms. The molecule has 134 valence electrons. The number of esters is 1. The van der Waals surface area contributed by atoms with Crippen LogP contribution in [0.5, 0.6) is 0 Å². The molecule has 0 aliphatic heterocycles. The Balaban J connectivity index is 2.27. The first-order valence-corrected chi connectivity index (χ1v) is 8.97. The molecule has 3 atom stereocenters. The summed E-state index contributed by atoms with van der Waals surface area (Å²) < 4.78 is 5.85. The van der Waals surface area contributed by atoms with Gasteiger partial charge in [0.25, 0.3) is 0 Å². The molecule has 3 unspecified atom stereocenters. The van der Waals surface area contributed by atoms with Crippen molar-refractivity contribution in [3.05, 3.63) is 71.8 Å². The number of rotatable bonds is 8. The van der Waals surface area contributed by atoms with Gasteiger partial charge in [0.2, 0.25) is 0 Å². The molecule has 0 amide bonds. The molecule has 0 aromatic heterocycles. The van der Waals surface area contributed by atoms with E-state index in [1.165, 1.54) is 5.56 Å². The summed E-state index contributed by atoms with van der Waals surface area (Å²) in [6.07, 6.45) is 1.06. The van der Waals surface area contributed by atoms with E-state index in [2.05, 4.69) is 50.2 Å². The van der Waals surface area contributed by atoms with Crippen molar-refractivity contribution >= 4 is 5.97 Å². The Morgan fingerprint density at radius 3 is 2.08 bits per heavy atom. The number of carbonyl (C=O) groups is 1. The van der Waals surface area contributed by atoms with E-state index in [4.69, 9.17) is 4.74 Å². The zero-order valence-electron chi connectivity index (χ0n) is 15.7. The lowest BCUT2D eigenvalue weighted by molar-refractivity contribution is -0.153. The number of hydrogen-bond donors (Lipinski definition) is 0. The third kappa shape index (κ3) is 5.43. The van der Waals surface area contributed by atoms with E-state index < -0.39 is 0 Å². The molecule has 25 heavy (non-hydrogen) atoms. The van der Waals surface area contributed by atoms with Gasteiger partial charge in [-0.15, -0.1) is 0 Å². The Morgan fingerprint density at radius 1 is 1.00 bits per heavy atom. The number of hydrogen-bond acceptors (Lipinski definition) is 3. The number of likely N-dealkylation sites (N-methyl/N-ethyl adjacent to an activating group) is 1. The maximum absolute atomic E-state index is 12.0. The van der Waals surface area contributed by atoms with Gasteiger partial charge in [-0.25, -0.2) is 0 Å². The Hall–Kier alpha value is -2.13. The molecule has 3 nitrogen and oxygen atoms in total. The first-order chi connectivity index (χ1) is 12.0. The Morgan fingerprint density at radius 2 is 1.56 bits per heavy atom. The van der Waals surface area contributed by atoms with E-state index in [9.17, 15) is 4.79 Å². The van der Waals surface area contributed by atoms with Crippen molar-refractivity contribution in [1.29, 1.82) is 0 Å². The van der Waals surface area contributed by atoms with Crippen molar-refractivity contribution in [3.63, 3.8) is 0 Å². The molecule has 0 aliphatic rings. The second-order valence-corrected chi connectivity index (χ2v) is 6.75. The van der Waals surface area contributed by atoms with Gasteiger partial charge in [0, 0.05) is 18.4 Å². The molecule has 3 heteroatoms. The fourth-order valence-electron chi connectivity index (χ4n) is 3.24. The first-order valence-electron chi connectivity index (χ1n) is 8.97. The van der Waals surface area contributed by atoms with Crippen LogP contribution in [0.2, 0.25) is 0 Å². The molecule has 2 aromatic carbocycles. The minimum atomic E-state index is -0.246. The van der Waals surface area contributed by atoms with Crippen molar-refractivity contribution in [2.75, 3.05) is 14.1 Å². The second kappa shape index (κ2) is 9.38. The summed E-state index contributed by atoms with van der Waals surface area (Å²) in [5, 5.41) is 0. The highest BCUT2D eigenvalue weighted by Gasteiger charge is 2.31. The van der Waals surface area contributed by atoms with E-state index in [1.807, 2.05) is 43.3 Å². The zero-order chi connectivity index (χ0) is 18.2. The average Bonchev–Trinajstić information content (AvgIpc) is 2.64. The summed E-state index contributed by atoms with van der Waals surface area (Å²) in [5.41, 5.74) is 2.35. The summed E-state index contributed by atoms with van der Waals surface area (Å²) >= 11 is 0. The third-order valence-electron chi connectivity index (χ3n) is 4.71. The van der Waals surface area contributed by atoms with Crippen molar-refractivity contribution in [2.24, 2.45) is 5.92 Å². The highest BCUT2D eigenvalue weighted by molar-refractivity contribution is 5.69. The van der Waals surface area contributed by atoms with Crippen LogP contribution in [0.1, 0.15) is 37.5 Å². The van der Waals surface area contributed by atoms with Gasteiger partial charge in [0.15, 0.2) is 0 Å². The molecule has 0 bridgehead atoms. The van der Waals surface area contributed by atoms with Crippen LogP contribution >= 0.6 is 0 Å². The predicted molar refractivity (Wildman–Crippen MR) is 102 cm³/mol. The van der Waals surface area contributed by atoms with E-state index in [-0.39, 0.29) is 24.0 Å². The van der Waals surface area contributed by atoms with Crippen LogP contribution in [0, 0.1) is 5.92 Å². The maximum atomic E-state index is 12.0. The lowest BCUT2D eigenvalue weighted by Gasteiger charge is -2.35. The third-order valence-corrected chi connectivity index (χ3v) is 4.71. The van der Waals surface area contributed by atoms with Crippen LogP contribution < -0.4 is 0 Å². The van der Waals surface area contributed by atoms with Gasteiger partial charge in [-0.1, -0.05) is 74.5 Å². The number of carbonyl (C=O) groups excluding carboxylic acids is 1. The van der Waals surface area contributed by atoms with E-state index >= 15 is 0 Å². The van der Waals surface area contributed by atoms with Gasteiger partial charge < -0.3 is 9.64 Å². The predicted octanol–water partition coefficient (Wildman–Crippen LogP) is 4.49. The first kappa shape index (κ1) is 19.2. The van der Waals surface area contributed by atoms with E-state index in [0.29, 0.717) is 6.42 Å². The molecule has 0 saturated carbocycles. The maximum Gasteiger partial charge on any atom is 0.306 e. The number of benzene rings is 2. The fraction of sp³-hybridized carbons (Fsp3) is 0.409. The van der Waals surface area contributed by atoms with Gasteiger partial charge in [-0.3, -0.25) is 4.79 Å². The van der Waals surface area contributed by atoms with Crippen LogP contribution in [0.25, 0.3) is 0 Å². The SMILES string of the molecule is CCC(=O)OC(c1ccccc1)C(C)C(Cc1ccccc1)N(C)C. The average molecular weight is 339 g/mol. The number of ether oxygens (including phenoxy) is 1. The van der Waals surface area contributed by atoms with Crippen LogP contribution in [0.4, 0.5) is 0 Å². The summed E-state index contributed by atoms with van der Waals surface area (Å²) in [4.78, 5) is 14.2. The molecule has 2 rings (SSSR count). The molecule has 0 heterocycles. The standard InChI is InChI=1S/C22H29NO2/c1-5-21(24)25-22(19-14-10-7-11-15-19)17(2)20(23(3)4)16-18-12-8-6-9-13-18/h6-15,17,20,22H,5,16H2,1-4H3. The van der Waals surface area contributed by atoms with Gasteiger partial charge in [-0.2, -0.15) is 0 Å². The van der Waals surface area contributed by atoms with Crippen LogP contribution in [-0.4, -0.2) is 31.0 Å². The Labute approximate surface area is 151 Å². The van der Waals surface area contributed by atoms with Crippen molar-refractivity contribution in [3.8, 4) is 0 Å². The molecule has 0 saturated heterocycles. The molecule has 0 fully saturated rings. The minimum absolute atomic E-state index is 0.155. The van der Waals surface area contributed by atoms with E-state index in [1.54, 1.807) is 0 Å². The summed E-state index contributed by atoms with van der Waals surface area (Å²) in [6, 6.07) is 20.8. The lowest BCUT2D eigenvalue weighted by Crippen LogP contribution is -2.39. The highest BCUT2D eigenvalue weighted by Crippen LogP contribution is 2.32. The van der Waals surface area contributed by atoms with Crippen molar-refractivity contribution < 1.29 is 9.53 Å². The van der Waals surface area contributed by atoms with Gasteiger partial charge >= 0.3 is 5.97 Å². The molecular weight excluding hydrogens is 310 g/mol. The number of nitrogens with zero attached hydrogens (tertiary/aromatic N) is 1. The van der Waals surface area contributed by atoms with Gasteiger partial charge in [0.1, 0.15) is 6.10 Å². The van der Waals surface area contributed by atoms with E-state index in [0.717, 1.165) is 12.0 Å². The molecule has 0 aliphatic carbocycles. The molecule has 0 radical (unpaired) electrons. The largest absolute Gasteiger partial charge is 0.457 e. The molecule has 0 N–H and O–H groups in total. The lowest BCUT2D eigenvalue weighted by atomic mass is 9.86. The Kier molecular flexibility index (Phi) is 7.20. The van der Waals surface area contributed by atoms with Gasteiger partial charge in [0.05, 0.1) is 0 Å². The summed E-state index contributed by atoms with van der Waals surface area (Å²) in [7, 11) is 4.18. The van der Waals surface area contributed by atoms with Gasteiger partial charge in [-0.05, 0) is 31.6 Å². The van der Waals surface area contributed by atoms with Crippen LogP contribution in [-0.2, 0) is 16.0 Å². The second-order valence-electron chi connectivity index (χ2n) is 6.75. The molecule has 2 aromatic rings. The van der Waals surface area contributed by atoms with Crippen LogP contribution in [0.15, 0.2) is 60.7 Å². The highest BCUT2D eigenvalue weighted by atomic mass is 16.5. The van der Waals surface area contributed by atoms with Crippen molar-refractivity contribution in [2.45, 2.75) is 38.8 Å². The summed E-state index contributed by atoms with van der Waals surface area (Å²) in [6.45, 7) is 4.01. The monoisotopic (exact) mass is 339 g/mol. The van der Waals surface area contributed by atoms with Crippen molar-refractivity contribution in [1.82, 2.24) is 4.90 Å². The topological polar surface area (TPSA) is 29.5 Å². The summed E-state index contributed by atoms with van der Waals surface area (Å²) in [5.74, 6) is 0.00558. The smallest absolute Gasteiger partial charge is 0.306 e. The fourth-order valence-corrected chi connectivity index (χ4v) is 3.24. The normalized spacial score (nSPS) is 14.8. The quantitative estimate of drug-likeness (QED) is 0.664. The Bertz CT molecular complexity index is 640. The zero-order valence-corrected chi connectivity index (χ0v) is 15.7.